The monoisotopic (exact) mass is 246 g/mol. The number of aromatic amines is 1. The zero-order valence-electron chi connectivity index (χ0n) is 10.5. The summed E-state index contributed by atoms with van der Waals surface area (Å²) in [5.41, 5.74) is 6.69. The van der Waals surface area contributed by atoms with E-state index in [4.69, 9.17) is 5.73 Å². The van der Waals surface area contributed by atoms with E-state index < -0.39 is 12.0 Å². The van der Waals surface area contributed by atoms with Crippen LogP contribution >= 0.6 is 0 Å². The predicted molar refractivity (Wildman–Crippen MR) is 73.1 cm³/mol. The van der Waals surface area contributed by atoms with E-state index in [0.717, 1.165) is 16.1 Å². The quantitative estimate of drug-likeness (QED) is 0.718. The van der Waals surface area contributed by atoms with Crippen LogP contribution in [0.15, 0.2) is 31.5 Å². The number of H-pyrrole nitrogens is 1. The van der Waals surface area contributed by atoms with Crippen LogP contribution in [-0.2, 0) is 16.0 Å². The zero-order chi connectivity index (χ0) is 13.5. The van der Waals surface area contributed by atoms with Crippen LogP contribution in [0.25, 0.3) is 12.2 Å². The standard InChI is InChI=1S/C14H18N2O2/c1-4-6-11-10(8-12(15)14(17)18-3)9-16-13(11)7-5-2/h4-7,9,12,16H,1-2,8,15H2,3H3/b11-6-,13-7+. The Labute approximate surface area is 106 Å². The molecule has 0 saturated carbocycles. The Morgan fingerprint density at radius 1 is 1.50 bits per heavy atom. The highest BCUT2D eigenvalue weighted by Gasteiger charge is 2.15. The Balaban J connectivity index is 3.15. The fourth-order valence-electron chi connectivity index (χ4n) is 1.70. The third-order valence-corrected chi connectivity index (χ3v) is 2.55. The average molecular weight is 246 g/mol. The minimum absolute atomic E-state index is 0.411. The van der Waals surface area contributed by atoms with Gasteiger partial charge in [0.1, 0.15) is 6.04 Å². The molecule has 0 aliphatic carbocycles. The molecule has 0 radical (unpaired) electrons. The highest BCUT2D eigenvalue weighted by Crippen LogP contribution is 1.95. The van der Waals surface area contributed by atoms with Crippen LogP contribution < -0.4 is 16.3 Å². The number of rotatable bonds is 5. The van der Waals surface area contributed by atoms with Crippen molar-refractivity contribution < 1.29 is 9.53 Å². The van der Waals surface area contributed by atoms with E-state index in [9.17, 15) is 4.79 Å². The van der Waals surface area contributed by atoms with Gasteiger partial charge in [-0.25, -0.2) is 0 Å². The summed E-state index contributed by atoms with van der Waals surface area (Å²) in [6, 6.07) is -0.667. The van der Waals surface area contributed by atoms with Gasteiger partial charge in [-0.3, -0.25) is 4.79 Å². The molecule has 0 aliphatic heterocycles. The molecule has 4 nitrogen and oxygen atoms in total. The SMILES string of the molecule is C=C/C=c1/c(CC(N)C(=O)OC)c[nH]/c1=C/C=C. The van der Waals surface area contributed by atoms with Crippen molar-refractivity contribution in [2.24, 2.45) is 5.73 Å². The summed E-state index contributed by atoms with van der Waals surface area (Å²) in [5.74, 6) is -0.421. The molecule has 0 amide bonds. The molecule has 0 saturated heterocycles. The van der Waals surface area contributed by atoms with Gasteiger partial charge in [-0.2, -0.15) is 0 Å². The number of nitrogens with two attached hydrogens (primary N) is 1. The van der Waals surface area contributed by atoms with Crippen molar-refractivity contribution in [1.29, 1.82) is 0 Å². The molecular weight excluding hydrogens is 228 g/mol. The molecule has 3 N–H and O–H groups in total. The minimum Gasteiger partial charge on any atom is -0.468 e. The van der Waals surface area contributed by atoms with E-state index in [1.165, 1.54) is 7.11 Å². The highest BCUT2D eigenvalue weighted by molar-refractivity contribution is 5.75. The molecule has 1 atom stereocenters. The fourth-order valence-corrected chi connectivity index (χ4v) is 1.70. The van der Waals surface area contributed by atoms with Crippen LogP contribution in [-0.4, -0.2) is 24.1 Å². The van der Waals surface area contributed by atoms with E-state index in [0.29, 0.717) is 6.42 Å². The molecule has 0 spiro atoms. The molecule has 1 rings (SSSR count). The third kappa shape index (κ3) is 3.21. The molecule has 0 aromatic carbocycles. The van der Waals surface area contributed by atoms with E-state index in [1.807, 2.05) is 18.3 Å². The number of hydrogen-bond acceptors (Lipinski definition) is 3. The lowest BCUT2D eigenvalue weighted by atomic mass is 10.1. The van der Waals surface area contributed by atoms with Crippen molar-refractivity contribution >= 4 is 18.1 Å². The molecule has 1 aromatic heterocycles. The molecule has 0 aliphatic rings. The van der Waals surface area contributed by atoms with Crippen molar-refractivity contribution in [2.75, 3.05) is 7.11 Å². The van der Waals surface area contributed by atoms with Crippen molar-refractivity contribution in [3.05, 3.63) is 47.6 Å². The first kappa shape index (κ1) is 14.0. The average Bonchev–Trinajstić information content (AvgIpc) is 2.72. The molecule has 4 heteroatoms. The Kier molecular flexibility index (Phi) is 5.14. The summed E-state index contributed by atoms with van der Waals surface area (Å²) in [6.45, 7) is 7.33. The summed E-state index contributed by atoms with van der Waals surface area (Å²) >= 11 is 0. The summed E-state index contributed by atoms with van der Waals surface area (Å²) in [7, 11) is 1.33. The number of carbonyl (C=O) groups is 1. The minimum atomic E-state index is -0.667. The zero-order valence-corrected chi connectivity index (χ0v) is 10.5. The summed E-state index contributed by atoms with van der Waals surface area (Å²) in [5, 5.41) is 1.88. The van der Waals surface area contributed by atoms with Crippen LogP contribution in [0.4, 0.5) is 0 Å². The number of allylic oxidation sites excluding steroid dienone is 2. The van der Waals surface area contributed by atoms with E-state index in [2.05, 4.69) is 22.9 Å². The first-order valence-electron chi connectivity index (χ1n) is 5.59. The van der Waals surface area contributed by atoms with Gasteiger partial charge in [-0.15, -0.1) is 0 Å². The van der Waals surface area contributed by atoms with Crippen LogP contribution in [0.1, 0.15) is 5.56 Å². The largest absolute Gasteiger partial charge is 0.468 e. The molecule has 0 fully saturated rings. The normalized spacial score (nSPS) is 14.3. The number of ether oxygens (including phenoxy) is 1. The summed E-state index contributed by atoms with van der Waals surface area (Å²) < 4.78 is 4.61. The maximum Gasteiger partial charge on any atom is 0.322 e. The first-order valence-corrected chi connectivity index (χ1v) is 5.59. The van der Waals surface area contributed by atoms with Gasteiger partial charge in [0.25, 0.3) is 0 Å². The number of hydrogen-bond donors (Lipinski definition) is 2. The Bertz CT molecular complexity index is 555. The molecule has 1 heterocycles. The summed E-state index contributed by atoms with van der Waals surface area (Å²) in [4.78, 5) is 14.4. The van der Waals surface area contributed by atoms with Gasteiger partial charge in [-0.05, 0) is 11.6 Å². The Hall–Kier alpha value is -2.07. The smallest absolute Gasteiger partial charge is 0.322 e. The predicted octanol–water partition coefficient (Wildman–Crippen LogP) is -0.00950. The van der Waals surface area contributed by atoms with Gasteiger partial charge in [0, 0.05) is 23.2 Å². The van der Waals surface area contributed by atoms with Crippen LogP contribution in [0, 0.1) is 0 Å². The number of carbonyl (C=O) groups excluding carboxylic acids is 1. The van der Waals surface area contributed by atoms with Crippen molar-refractivity contribution in [1.82, 2.24) is 4.98 Å². The van der Waals surface area contributed by atoms with E-state index >= 15 is 0 Å². The topological polar surface area (TPSA) is 68.1 Å². The van der Waals surface area contributed by atoms with Crippen molar-refractivity contribution in [3.8, 4) is 0 Å². The second-order valence-electron chi connectivity index (χ2n) is 3.78. The number of esters is 1. The lowest BCUT2D eigenvalue weighted by molar-refractivity contribution is -0.142. The van der Waals surface area contributed by atoms with Gasteiger partial charge < -0.3 is 15.5 Å². The van der Waals surface area contributed by atoms with Crippen molar-refractivity contribution in [3.63, 3.8) is 0 Å². The van der Waals surface area contributed by atoms with E-state index in [1.54, 1.807) is 12.2 Å². The second kappa shape index (κ2) is 6.61. The Morgan fingerprint density at radius 3 is 2.72 bits per heavy atom. The molecule has 1 unspecified atom stereocenters. The van der Waals surface area contributed by atoms with Gasteiger partial charge >= 0.3 is 5.97 Å². The number of nitrogens with one attached hydrogen (secondary N) is 1. The van der Waals surface area contributed by atoms with Crippen molar-refractivity contribution in [2.45, 2.75) is 12.5 Å². The van der Waals surface area contributed by atoms with Crippen LogP contribution in [0.3, 0.4) is 0 Å². The lowest BCUT2D eigenvalue weighted by Crippen LogP contribution is -2.36. The van der Waals surface area contributed by atoms with Crippen LogP contribution in [0.5, 0.6) is 0 Å². The lowest BCUT2D eigenvalue weighted by Gasteiger charge is -2.07. The fraction of sp³-hybridized carbons (Fsp3) is 0.214. The van der Waals surface area contributed by atoms with Gasteiger partial charge in [0.2, 0.25) is 0 Å². The molecule has 96 valence electrons. The maximum atomic E-state index is 11.3. The maximum absolute atomic E-state index is 11.3. The van der Waals surface area contributed by atoms with Crippen LogP contribution in [0.2, 0.25) is 0 Å². The Morgan fingerprint density at radius 2 is 2.17 bits per heavy atom. The molecule has 1 aromatic rings. The number of aromatic nitrogens is 1. The third-order valence-electron chi connectivity index (χ3n) is 2.55. The second-order valence-corrected chi connectivity index (χ2v) is 3.78. The molecular formula is C14H18N2O2. The first-order chi connectivity index (χ1) is 8.63. The highest BCUT2D eigenvalue weighted by atomic mass is 16.5. The molecule has 18 heavy (non-hydrogen) atoms. The molecule has 0 bridgehead atoms. The van der Waals surface area contributed by atoms with Gasteiger partial charge in [0.15, 0.2) is 0 Å². The summed E-state index contributed by atoms with van der Waals surface area (Å²) in [6.07, 6.45) is 9.34. The number of methoxy groups -OCH3 is 1. The van der Waals surface area contributed by atoms with Gasteiger partial charge in [-0.1, -0.05) is 31.4 Å². The van der Waals surface area contributed by atoms with E-state index in [-0.39, 0.29) is 0 Å². The van der Waals surface area contributed by atoms with Gasteiger partial charge in [0.05, 0.1) is 7.11 Å².